The SMILES string of the molecule is CCc1cc(F)c(CO)cc1-n1cnc(C2CC2)c1. The summed E-state index contributed by atoms with van der Waals surface area (Å²) >= 11 is 0. The predicted molar refractivity (Wildman–Crippen MR) is 70.8 cm³/mol. The van der Waals surface area contributed by atoms with Crippen LogP contribution in [0, 0.1) is 5.82 Å². The standard InChI is InChI=1S/C15H17FN2O/c1-2-10-5-13(16)12(8-19)6-15(10)18-7-14(17-9-18)11-3-4-11/h5-7,9,11,19H,2-4,8H2,1H3. The molecule has 1 aliphatic rings. The van der Waals surface area contributed by atoms with Crippen molar-refractivity contribution < 1.29 is 9.50 Å². The zero-order chi connectivity index (χ0) is 13.4. The number of aromatic nitrogens is 2. The van der Waals surface area contributed by atoms with Gasteiger partial charge in [0.05, 0.1) is 24.3 Å². The van der Waals surface area contributed by atoms with Gasteiger partial charge in [-0.15, -0.1) is 0 Å². The largest absolute Gasteiger partial charge is 0.392 e. The summed E-state index contributed by atoms with van der Waals surface area (Å²) < 4.78 is 15.6. The third-order valence-electron chi connectivity index (χ3n) is 3.68. The summed E-state index contributed by atoms with van der Waals surface area (Å²) in [6.45, 7) is 1.71. The fraction of sp³-hybridized carbons (Fsp3) is 0.400. The van der Waals surface area contributed by atoms with Crippen molar-refractivity contribution in [1.82, 2.24) is 9.55 Å². The Hall–Kier alpha value is -1.68. The molecule has 4 heteroatoms. The van der Waals surface area contributed by atoms with E-state index >= 15 is 0 Å². The average Bonchev–Trinajstić information content (AvgIpc) is 3.16. The van der Waals surface area contributed by atoms with Crippen LogP contribution in [0.5, 0.6) is 0 Å². The number of nitrogens with zero attached hydrogens (tertiary/aromatic N) is 2. The quantitative estimate of drug-likeness (QED) is 0.917. The molecule has 1 aromatic heterocycles. The van der Waals surface area contributed by atoms with Crippen LogP contribution in [0.2, 0.25) is 0 Å². The lowest BCUT2D eigenvalue weighted by atomic mass is 10.1. The van der Waals surface area contributed by atoms with Gasteiger partial charge in [-0.2, -0.15) is 0 Å². The van der Waals surface area contributed by atoms with E-state index in [2.05, 4.69) is 4.98 Å². The number of hydrogen-bond acceptors (Lipinski definition) is 2. The Morgan fingerprint density at radius 1 is 1.37 bits per heavy atom. The molecule has 1 heterocycles. The van der Waals surface area contributed by atoms with Gasteiger partial charge in [0.25, 0.3) is 0 Å². The van der Waals surface area contributed by atoms with Gasteiger partial charge in [-0.05, 0) is 37.0 Å². The Morgan fingerprint density at radius 3 is 2.79 bits per heavy atom. The molecule has 1 aromatic carbocycles. The van der Waals surface area contributed by atoms with Gasteiger partial charge in [0, 0.05) is 17.7 Å². The maximum atomic E-state index is 13.7. The van der Waals surface area contributed by atoms with E-state index in [1.807, 2.05) is 17.7 Å². The van der Waals surface area contributed by atoms with Crippen LogP contribution >= 0.6 is 0 Å². The van der Waals surface area contributed by atoms with E-state index in [0.29, 0.717) is 11.5 Å². The lowest BCUT2D eigenvalue weighted by Crippen LogP contribution is -2.01. The van der Waals surface area contributed by atoms with Crippen LogP contribution in [0.15, 0.2) is 24.7 Å². The number of halogens is 1. The third-order valence-corrected chi connectivity index (χ3v) is 3.68. The molecule has 0 saturated heterocycles. The molecule has 1 fully saturated rings. The molecule has 2 aromatic rings. The van der Waals surface area contributed by atoms with E-state index in [9.17, 15) is 9.50 Å². The van der Waals surface area contributed by atoms with E-state index < -0.39 is 0 Å². The van der Waals surface area contributed by atoms with Crippen molar-refractivity contribution >= 4 is 0 Å². The second-order valence-corrected chi connectivity index (χ2v) is 5.06. The average molecular weight is 260 g/mol. The molecule has 100 valence electrons. The van der Waals surface area contributed by atoms with Crippen LogP contribution in [0.3, 0.4) is 0 Å². The van der Waals surface area contributed by atoms with E-state index in [4.69, 9.17) is 0 Å². The molecule has 3 nitrogen and oxygen atoms in total. The van der Waals surface area contributed by atoms with Crippen LogP contribution in [-0.4, -0.2) is 14.7 Å². The molecule has 0 unspecified atom stereocenters. The summed E-state index contributed by atoms with van der Waals surface area (Å²) in [6.07, 6.45) is 6.97. The first-order valence-electron chi connectivity index (χ1n) is 6.69. The molecule has 0 amide bonds. The predicted octanol–water partition coefficient (Wildman–Crippen LogP) is 2.94. The number of aliphatic hydroxyl groups excluding tert-OH is 1. The van der Waals surface area contributed by atoms with Gasteiger partial charge >= 0.3 is 0 Å². The summed E-state index contributed by atoms with van der Waals surface area (Å²) in [7, 11) is 0. The first-order chi connectivity index (χ1) is 9.22. The number of aliphatic hydroxyl groups is 1. The van der Waals surface area contributed by atoms with Crippen molar-refractivity contribution in [2.75, 3.05) is 0 Å². The minimum absolute atomic E-state index is 0.285. The van der Waals surface area contributed by atoms with Crippen LogP contribution in [-0.2, 0) is 13.0 Å². The van der Waals surface area contributed by atoms with Gasteiger partial charge in [-0.25, -0.2) is 9.37 Å². The van der Waals surface area contributed by atoms with E-state index in [-0.39, 0.29) is 12.4 Å². The first-order valence-corrected chi connectivity index (χ1v) is 6.69. The van der Waals surface area contributed by atoms with Crippen molar-refractivity contribution in [3.05, 3.63) is 47.3 Å². The minimum atomic E-state index is -0.342. The smallest absolute Gasteiger partial charge is 0.129 e. The highest BCUT2D eigenvalue weighted by molar-refractivity contribution is 5.45. The minimum Gasteiger partial charge on any atom is -0.392 e. The topological polar surface area (TPSA) is 38.0 Å². The molecule has 0 atom stereocenters. The Labute approximate surface area is 111 Å². The molecule has 0 bridgehead atoms. The van der Waals surface area contributed by atoms with E-state index in [1.54, 1.807) is 12.4 Å². The first kappa shape index (κ1) is 12.4. The summed E-state index contributed by atoms with van der Waals surface area (Å²) in [4.78, 5) is 4.41. The van der Waals surface area contributed by atoms with Gasteiger partial charge in [0.15, 0.2) is 0 Å². The van der Waals surface area contributed by atoms with Crippen molar-refractivity contribution in [2.45, 2.75) is 38.7 Å². The Balaban J connectivity index is 2.05. The fourth-order valence-electron chi connectivity index (χ4n) is 2.35. The number of imidazole rings is 1. The molecule has 0 aliphatic heterocycles. The van der Waals surface area contributed by atoms with Crippen molar-refractivity contribution in [3.8, 4) is 5.69 Å². The van der Waals surface area contributed by atoms with Crippen molar-refractivity contribution in [3.63, 3.8) is 0 Å². The van der Waals surface area contributed by atoms with E-state index in [0.717, 1.165) is 23.4 Å². The number of aryl methyl sites for hydroxylation is 1. The highest BCUT2D eigenvalue weighted by Gasteiger charge is 2.26. The van der Waals surface area contributed by atoms with Gasteiger partial charge < -0.3 is 9.67 Å². The van der Waals surface area contributed by atoms with Crippen LogP contribution < -0.4 is 0 Å². The van der Waals surface area contributed by atoms with Gasteiger partial charge in [-0.1, -0.05) is 6.92 Å². The second-order valence-electron chi connectivity index (χ2n) is 5.06. The summed E-state index contributed by atoms with van der Waals surface area (Å²) in [5, 5.41) is 9.19. The van der Waals surface area contributed by atoms with E-state index in [1.165, 1.54) is 18.9 Å². The van der Waals surface area contributed by atoms with Crippen LogP contribution in [0.4, 0.5) is 4.39 Å². The Morgan fingerprint density at radius 2 is 2.16 bits per heavy atom. The number of hydrogen-bond donors (Lipinski definition) is 1. The van der Waals surface area contributed by atoms with Crippen LogP contribution in [0.1, 0.15) is 42.5 Å². The Kier molecular flexibility index (Phi) is 3.11. The molecular formula is C15H17FN2O. The highest BCUT2D eigenvalue weighted by Crippen LogP contribution is 2.39. The molecular weight excluding hydrogens is 243 g/mol. The molecule has 0 radical (unpaired) electrons. The zero-order valence-electron chi connectivity index (χ0n) is 10.9. The summed E-state index contributed by atoms with van der Waals surface area (Å²) in [5.41, 5.74) is 3.27. The molecule has 3 rings (SSSR count). The third kappa shape index (κ3) is 2.28. The molecule has 19 heavy (non-hydrogen) atoms. The number of benzene rings is 1. The maximum Gasteiger partial charge on any atom is 0.129 e. The highest BCUT2D eigenvalue weighted by atomic mass is 19.1. The van der Waals surface area contributed by atoms with Gasteiger partial charge in [-0.3, -0.25) is 0 Å². The Bertz CT molecular complexity index is 602. The van der Waals surface area contributed by atoms with Gasteiger partial charge in [0.2, 0.25) is 0 Å². The second kappa shape index (κ2) is 4.78. The monoisotopic (exact) mass is 260 g/mol. The maximum absolute atomic E-state index is 13.7. The molecule has 1 aliphatic carbocycles. The lowest BCUT2D eigenvalue weighted by Gasteiger charge is -2.11. The van der Waals surface area contributed by atoms with Crippen LogP contribution in [0.25, 0.3) is 5.69 Å². The normalized spacial score (nSPS) is 14.9. The molecule has 1 N–H and O–H groups in total. The fourth-order valence-corrected chi connectivity index (χ4v) is 2.35. The van der Waals surface area contributed by atoms with Crippen molar-refractivity contribution in [2.24, 2.45) is 0 Å². The summed E-state index contributed by atoms with van der Waals surface area (Å²) in [5.74, 6) is 0.259. The van der Waals surface area contributed by atoms with Crippen molar-refractivity contribution in [1.29, 1.82) is 0 Å². The van der Waals surface area contributed by atoms with Gasteiger partial charge in [0.1, 0.15) is 5.82 Å². The molecule has 1 saturated carbocycles. The lowest BCUT2D eigenvalue weighted by molar-refractivity contribution is 0.275. The number of rotatable bonds is 4. The molecule has 0 spiro atoms. The zero-order valence-corrected chi connectivity index (χ0v) is 10.9. The summed E-state index contributed by atoms with van der Waals surface area (Å²) in [6, 6.07) is 3.23.